The second-order valence-corrected chi connectivity index (χ2v) is 6.87. The molecule has 1 amide bonds. The van der Waals surface area contributed by atoms with E-state index in [4.69, 9.17) is 0 Å². The van der Waals surface area contributed by atoms with Crippen LogP contribution >= 0.6 is 0 Å². The lowest BCUT2D eigenvalue weighted by atomic mass is 9.97. The summed E-state index contributed by atoms with van der Waals surface area (Å²) in [6.45, 7) is 6.21. The Bertz CT molecular complexity index is 833. The molecular weight excluding hydrogens is 344 g/mol. The molecule has 8 heteroatoms. The van der Waals surface area contributed by atoms with E-state index in [9.17, 15) is 9.59 Å². The van der Waals surface area contributed by atoms with Crippen LogP contribution in [-0.2, 0) is 17.8 Å². The number of piperidine rings is 1. The van der Waals surface area contributed by atoms with Crippen LogP contribution in [0.1, 0.15) is 31.2 Å². The molecule has 0 aromatic carbocycles. The standard InChI is InChI=1S/C19H26N6O2/c1-3-16-11-18(26)25(13-21-16)10-8-20-19(27)15-5-4-9-24(12-15)17-7-6-14(2)22-23-17/h6-7,11,13,15H,3-5,8-10,12H2,1-2H3,(H,20,27). The summed E-state index contributed by atoms with van der Waals surface area (Å²) in [4.78, 5) is 30.9. The van der Waals surface area contributed by atoms with Gasteiger partial charge < -0.3 is 10.2 Å². The summed E-state index contributed by atoms with van der Waals surface area (Å²) < 4.78 is 1.52. The topological polar surface area (TPSA) is 93.0 Å². The summed E-state index contributed by atoms with van der Waals surface area (Å²) in [7, 11) is 0. The van der Waals surface area contributed by atoms with Gasteiger partial charge in [0, 0.05) is 37.9 Å². The van der Waals surface area contributed by atoms with E-state index in [2.05, 4.69) is 25.4 Å². The molecule has 0 radical (unpaired) electrons. The Morgan fingerprint density at radius 3 is 2.89 bits per heavy atom. The van der Waals surface area contributed by atoms with Gasteiger partial charge in [0.2, 0.25) is 5.91 Å². The predicted octanol–water partition coefficient (Wildman–Crippen LogP) is 0.937. The number of carbonyl (C=O) groups excluding carboxylic acids is 1. The first kappa shape index (κ1) is 19.0. The van der Waals surface area contributed by atoms with Crippen LogP contribution < -0.4 is 15.8 Å². The molecular formula is C19H26N6O2. The van der Waals surface area contributed by atoms with E-state index in [0.29, 0.717) is 19.6 Å². The smallest absolute Gasteiger partial charge is 0.253 e. The minimum Gasteiger partial charge on any atom is -0.354 e. The van der Waals surface area contributed by atoms with Crippen molar-refractivity contribution in [1.82, 2.24) is 25.1 Å². The summed E-state index contributed by atoms with van der Waals surface area (Å²) in [5.74, 6) is 0.747. The number of anilines is 1. The SMILES string of the molecule is CCc1cc(=O)n(CCNC(=O)C2CCCN(c3ccc(C)nn3)C2)cn1. The van der Waals surface area contributed by atoms with Crippen molar-refractivity contribution in [3.05, 3.63) is 46.3 Å². The summed E-state index contributed by atoms with van der Waals surface area (Å²) in [6.07, 6.45) is 4.08. The molecule has 144 valence electrons. The summed E-state index contributed by atoms with van der Waals surface area (Å²) >= 11 is 0. The van der Waals surface area contributed by atoms with Gasteiger partial charge in [-0.2, -0.15) is 5.10 Å². The highest BCUT2D eigenvalue weighted by Gasteiger charge is 2.26. The molecule has 2 aromatic rings. The number of nitrogens with one attached hydrogen (secondary N) is 1. The largest absolute Gasteiger partial charge is 0.354 e. The maximum atomic E-state index is 12.5. The van der Waals surface area contributed by atoms with Crippen LogP contribution in [-0.4, -0.2) is 45.3 Å². The first-order valence-corrected chi connectivity index (χ1v) is 9.45. The number of nitrogens with zero attached hydrogens (tertiary/aromatic N) is 5. The summed E-state index contributed by atoms with van der Waals surface area (Å²) in [6, 6.07) is 5.42. The molecule has 0 spiro atoms. The van der Waals surface area contributed by atoms with E-state index in [-0.39, 0.29) is 17.4 Å². The second kappa shape index (κ2) is 8.75. The molecule has 1 N–H and O–H groups in total. The van der Waals surface area contributed by atoms with E-state index >= 15 is 0 Å². The Hall–Kier alpha value is -2.77. The summed E-state index contributed by atoms with van der Waals surface area (Å²) in [5.41, 5.74) is 1.57. The lowest BCUT2D eigenvalue weighted by molar-refractivity contribution is -0.125. The van der Waals surface area contributed by atoms with E-state index in [1.807, 2.05) is 26.0 Å². The Morgan fingerprint density at radius 2 is 2.19 bits per heavy atom. The Morgan fingerprint density at radius 1 is 1.33 bits per heavy atom. The zero-order chi connectivity index (χ0) is 19.2. The molecule has 1 aliphatic rings. The highest BCUT2D eigenvalue weighted by Crippen LogP contribution is 2.21. The number of carbonyl (C=O) groups is 1. The van der Waals surface area contributed by atoms with Gasteiger partial charge in [-0.3, -0.25) is 14.2 Å². The molecule has 8 nitrogen and oxygen atoms in total. The van der Waals surface area contributed by atoms with E-state index in [1.54, 1.807) is 12.4 Å². The van der Waals surface area contributed by atoms with Crippen molar-refractivity contribution in [2.75, 3.05) is 24.5 Å². The van der Waals surface area contributed by atoms with Crippen molar-refractivity contribution >= 4 is 11.7 Å². The molecule has 1 fully saturated rings. The Balaban J connectivity index is 1.52. The van der Waals surface area contributed by atoms with Crippen molar-refractivity contribution in [2.24, 2.45) is 5.92 Å². The van der Waals surface area contributed by atoms with Gasteiger partial charge in [-0.15, -0.1) is 5.10 Å². The quantitative estimate of drug-likeness (QED) is 0.813. The van der Waals surface area contributed by atoms with Crippen LogP contribution in [0.15, 0.2) is 29.3 Å². The normalized spacial score (nSPS) is 17.0. The van der Waals surface area contributed by atoms with Crippen molar-refractivity contribution < 1.29 is 4.79 Å². The van der Waals surface area contributed by atoms with E-state index < -0.39 is 0 Å². The van der Waals surface area contributed by atoms with Crippen LogP contribution in [0.5, 0.6) is 0 Å². The van der Waals surface area contributed by atoms with Crippen LogP contribution in [0.25, 0.3) is 0 Å². The molecule has 0 saturated carbocycles. The highest BCUT2D eigenvalue weighted by molar-refractivity contribution is 5.79. The lowest BCUT2D eigenvalue weighted by Gasteiger charge is -2.32. The minimum atomic E-state index is -0.0853. The molecule has 2 aromatic heterocycles. The van der Waals surface area contributed by atoms with Crippen LogP contribution in [0.4, 0.5) is 5.82 Å². The van der Waals surface area contributed by atoms with Gasteiger partial charge in [0.1, 0.15) is 0 Å². The maximum Gasteiger partial charge on any atom is 0.253 e. The molecule has 0 bridgehead atoms. The monoisotopic (exact) mass is 370 g/mol. The molecule has 27 heavy (non-hydrogen) atoms. The fourth-order valence-corrected chi connectivity index (χ4v) is 3.23. The molecule has 3 rings (SSSR count). The predicted molar refractivity (Wildman–Crippen MR) is 103 cm³/mol. The van der Waals surface area contributed by atoms with Gasteiger partial charge in [-0.25, -0.2) is 4.98 Å². The number of hydrogen-bond acceptors (Lipinski definition) is 6. The van der Waals surface area contributed by atoms with Crippen molar-refractivity contribution in [1.29, 1.82) is 0 Å². The highest BCUT2D eigenvalue weighted by atomic mass is 16.2. The van der Waals surface area contributed by atoms with Gasteiger partial charge >= 0.3 is 0 Å². The number of rotatable bonds is 6. The number of aryl methyl sites for hydroxylation is 2. The second-order valence-electron chi connectivity index (χ2n) is 6.87. The van der Waals surface area contributed by atoms with Crippen molar-refractivity contribution in [3.8, 4) is 0 Å². The Labute approximate surface area is 158 Å². The van der Waals surface area contributed by atoms with Crippen molar-refractivity contribution in [2.45, 2.75) is 39.7 Å². The van der Waals surface area contributed by atoms with E-state index in [1.165, 1.54) is 4.57 Å². The summed E-state index contributed by atoms with van der Waals surface area (Å²) in [5, 5.41) is 11.3. The lowest BCUT2D eigenvalue weighted by Crippen LogP contribution is -2.44. The number of aromatic nitrogens is 4. The first-order chi connectivity index (χ1) is 13.1. The average molecular weight is 370 g/mol. The molecule has 0 aliphatic carbocycles. The third kappa shape index (κ3) is 4.90. The molecule has 1 atom stereocenters. The number of amides is 1. The van der Waals surface area contributed by atoms with Crippen LogP contribution in [0, 0.1) is 12.8 Å². The molecule has 1 unspecified atom stereocenters. The van der Waals surface area contributed by atoms with Gasteiger partial charge in [0.05, 0.1) is 17.9 Å². The molecule has 1 aliphatic heterocycles. The zero-order valence-electron chi connectivity index (χ0n) is 15.9. The third-order valence-corrected chi connectivity index (χ3v) is 4.85. The number of hydrogen-bond donors (Lipinski definition) is 1. The fourth-order valence-electron chi connectivity index (χ4n) is 3.23. The van der Waals surface area contributed by atoms with Crippen LogP contribution in [0.3, 0.4) is 0 Å². The zero-order valence-corrected chi connectivity index (χ0v) is 15.9. The molecule has 1 saturated heterocycles. The molecule has 3 heterocycles. The first-order valence-electron chi connectivity index (χ1n) is 9.45. The van der Waals surface area contributed by atoms with Gasteiger partial charge in [0.25, 0.3) is 5.56 Å². The van der Waals surface area contributed by atoms with Crippen LogP contribution in [0.2, 0.25) is 0 Å². The van der Waals surface area contributed by atoms with Gasteiger partial charge in [0.15, 0.2) is 5.82 Å². The van der Waals surface area contributed by atoms with E-state index in [0.717, 1.165) is 43.0 Å². The average Bonchev–Trinajstić information content (AvgIpc) is 2.69. The Kier molecular flexibility index (Phi) is 6.16. The van der Waals surface area contributed by atoms with Crippen molar-refractivity contribution in [3.63, 3.8) is 0 Å². The van der Waals surface area contributed by atoms with Gasteiger partial charge in [-0.05, 0) is 38.3 Å². The third-order valence-electron chi connectivity index (χ3n) is 4.85. The maximum absolute atomic E-state index is 12.5. The minimum absolute atomic E-state index is 0.0194. The van der Waals surface area contributed by atoms with Gasteiger partial charge in [-0.1, -0.05) is 6.92 Å². The fraction of sp³-hybridized carbons (Fsp3) is 0.526.